The second-order valence-corrected chi connectivity index (χ2v) is 20.0. The van der Waals surface area contributed by atoms with Crippen molar-refractivity contribution in [2.45, 2.75) is 135 Å². The number of rotatable bonds is 3. The van der Waals surface area contributed by atoms with Gasteiger partial charge in [-0.2, -0.15) is 0 Å². The molecule has 2 bridgehead atoms. The summed E-state index contributed by atoms with van der Waals surface area (Å²) < 4.78 is 6.88. The average molecular weight is 706 g/mol. The van der Waals surface area contributed by atoms with Crippen LogP contribution in [0.1, 0.15) is 119 Å². The zero-order chi connectivity index (χ0) is 32.6. The average Bonchev–Trinajstić information content (AvgIpc) is 3.35. The van der Waals surface area contributed by atoms with E-state index in [9.17, 15) is 19.2 Å². The number of thioether (sulfide) groups is 1. The number of carbonyl (C=O) groups excluding carboxylic acids is 4. The molecule has 2 saturated heterocycles. The Kier molecular flexibility index (Phi) is 7.01. The van der Waals surface area contributed by atoms with Gasteiger partial charge in [-0.15, -0.1) is 0 Å². The second-order valence-electron chi connectivity index (χ2n) is 17.7. The molecule has 1 spiro atoms. The van der Waals surface area contributed by atoms with Crippen LogP contribution in [0, 0.1) is 50.2 Å². The lowest BCUT2D eigenvalue weighted by molar-refractivity contribution is -0.272. The fourth-order valence-electron chi connectivity index (χ4n) is 12.6. The molecule has 7 aliphatic rings. The molecule has 2 heterocycles. The van der Waals surface area contributed by atoms with Gasteiger partial charge in [0.15, 0.2) is 0 Å². The van der Waals surface area contributed by atoms with E-state index in [1.807, 2.05) is 0 Å². The van der Waals surface area contributed by atoms with Gasteiger partial charge < -0.3 is 9.57 Å². The van der Waals surface area contributed by atoms with E-state index in [0.29, 0.717) is 11.8 Å². The molecule has 5 aliphatic carbocycles. The molecule has 1 N–H and O–H groups in total. The van der Waals surface area contributed by atoms with E-state index in [-0.39, 0.29) is 55.6 Å². The lowest BCUT2D eigenvalue weighted by Gasteiger charge is -2.74. The van der Waals surface area contributed by atoms with Crippen molar-refractivity contribution in [1.82, 2.24) is 5.32 Å². The smallest absolute Gasteiger partial charge is 0.336 e. The van der Waals surface area contributed by atoms with Gasteiger partial charge in [-0.1, -0.05) is 81.3 Å². The first kappa shape index (κ1) is 32.1. The number of ether oxygens (including phenoxy) is 1. The van der Waals surface area contributed by atoms with E-state index in [4.69, 9.17) is 9.57 Å². The number of hydrogen-bond acceptors (Lipinski definition) is 8. The molecule has 5 saturated carbocycles. The number of oxime groups is 1. The summed E-state index contributed by atoms with van der Waals surface area (Å²) in [5.74, 6) is 0.0590. The van der Waals surface area contributed by atoms with Crippen LogP contribution in [0.25, 0.3) is 0 Å². The van der Waals surface area contributed by atoms with Crippen LogP contribution in [0.2, 0.25) is 0 Å². The van der Waals surface area contributed by atoms with Crippen LogP contribution < -0.4 is 5.32 Å². The van der Waals surface area contributed by atoms with E-state index < -0.39 is 28.0 Å². The van der Waals surface area contributed by atoms with Crippen molar-refractivity contribution >= 4 is 56.5 Å². The van der Waals surface area contributed by atoms with Gasteiger partial charge in [0.25, 0.3) is 5.24 Å². The van der Waals surface area contributed by atoms with E-state index in [1.165, 1.54) is 0 Å². The van der Waals surface area contributed by atoms with Gasteiger partial charge in [0.1, 0.15) is 10.9 Å². The third-order valence-electron chi connectivity index (χ3n) is 15.2. The molecule has 45 heavy (non-hydrogen) atoms. The standard InChI is InChI=1S/C35H49BrN2O6S/c1-29(2)12-14-34-15-13-33(7)32(6)11-8-20-30(3,4)24(38-44-25(39)16-19-26(40)37-28(42)45-19)9-10-31(20,5)21(32)17-23(36)35(33,22(34)18-29)43-27(34)41/h19-23H,8-18H2,1-7H3,(H,37,40,42)/b38-24+/t19?,20?,21?,22?,23-,31-,32+,33-,34-,35+/m1/s1. The number of esters is 1. The van der Waals surface area contributed by atoms with E-state index in [0.717, 1.165) is 81.7 Å². The number of alkyl halides is 1. The van der Waals surface area contributed by atoms with E-state index >= 15 is 0 Å². The van der Waals surface area contributed by atoms with Crippen molar-refractivity contribution in [3.63, 3.8) is 0 Å². The third kappa shape index (κ3) is 4.05. The maximum atomic E-state index is 13.9. The summed E-state index contributed by atoms with van der Waals surface area (Å²) >= 11 is 5.10. The quantitative estimate of drug-likeness (QED) is 0.140. The summed E-state index contributed by atoms with van der Waals surface area (Å²) in [6, 6.07) is 0. The fraction of sp³-hybridized carbons (Fsp3) is 0.857. The van der Waals surface area contributed by atoms with E-state index in [1.54, 1.807) is 0 Å². The number of imide groups is 1. The fourth-order valence-corrected chi connectivity index (χ4v) is 14.7. The summed E-state index contributed by atoms with van der Waals surface area (Å²) in [5, 5.41) is 5.45. The zero-order valence-corrected chi connectivity index (χ0v) is 30.3. The van der Waals surface area contributed by atoms with Gasteiger partial charge in [0.2, 0.25) is 5.91 Å². The van der Waals surface area contributed by atoms with Gasteiger partial charge in [-0.25, -0.2) is 4.79 Å². The number of nitrogens with one attached hydrogen (secondary N) is 1. The summed E-state index contributed by atoms with van der Waals surface area (Å²) in [7, 11) is 0. The highest BCUT2D eigenvalue weighted by Crippen LogP contribution is 2.81. The first-order valence-electron chi connectivity index (χ1n) is 17.0. The molecule has 7 rings (SSSR count). The molecular weight excluding hydrogens is 656 g/mol. The lowest BCUT2D eigenvalue weighted by atomic mass is 9.31. The van der Waals surface area contributed by atoms with Crippen molar-refractivity contribution in [2.75, 3.05) is 0 Å². The van der Waals surface area contributed by atoms with Gasteiger partial charge in [-0.05, 0) is 92.3 Å². The Bertz CT molecular complexity index is 1410. The molecular formula is C35H49BrN2O6S. The Hall–Kier alpha value is -1.42. The number of carbonyl (C=O) groups is 4. The molecule has 10 atom stereocenters. The highest BCUT2D eigenvalue weighted by atomic mass is 79.9. The van der Waals surface area contributed by atoms with E-state index in [2.05, 4.69) is 74.9 Å². The molecule has 0 aromatic carbocycles. The van der Waals surface area contributed by atoms with Crippen molar-refractivity contribution in [3.05, 3.63) is 0 Å². The van der Waals surface area contributed by atoms with Gasteiger partial charge in [-0.3, -0.25) is 19.7 Å². The molecule has 2 aliphatic heterocycles. The predicted molar refractivity (Wildman–Crippen MR) is 176 cm³/mol. The summed E-state index contributed by atoms with van der Waals surface area (Å²) in [5.41, 5.74) is -0.0848. The topological polar surface area (TPSA) is 111 Å². The number of fused-ring (bicyclic) bond motifs is 4. The Morgan fingerprint density at radius 2 is 1.69 bits per heavy atom. The predicted octanol–water partition coefficient (Wildman–Crippen LogP) is 7.56. The monoisotopic (exact) mass is 704 g/mol. The molecule has 0 aromatic rings. The Morgan fingerprint density at radius 3 is 2.38 bits per heavy atom. The second kappa shape index (κ2) is 9.82. The van der Waals surface area contributed by atoms with Gasteiger partial charge in [0.05, 0.1) is 22.4 Å². The van der Waals surface area contributed by atoms with Crippen LogP contribution in [0.4, 0.5) is 4.79 Å². The Morgan fingerprint density at radius 1 is 0.978 bits per heavy atom. The van der Waals surface area contributed by atoms with Crippen LogP contribution in [-0.2, 0) is 24.0 Å². The molecule has 8 nitrogen and oxygen atoms in total. The normalized spacial score (nSPS) is 50.1. The van der Waals surface area contributed by atoms with Crippen LogP contribution >= 0.6 is 27.7 Å². The van der Waals surface area contributed by atoms with Crippen molar-refractivity contribution in [1.29, 1.82) is 0 Å². The van der Waals surface area contributed by atoms with Crippen molar-refractivity contribution in [2.24, 2.45) is 55.4 Å². The first-order chi connectivity index (χ1) is 20.9. The minimum absolute atomic E-state index is 0.00897. The summed E-state index contributed by atoms with van der Waals surface area (Å²) in [4.78, 5) is 55.5. The molecule has 10 heteroatoms. The maximum Gasteiger partial charge on any atom is 0.336 e. The van der Waals surface area contributed by atoms with Gasteiger partial charge in [0, 0.05) is 16.7 Å². The largest absolute Gasteiger partial charge is 0.457 e. The minimum Gasteiger partial charge on any atom is -0.457 e. The number of halogens is 1. The SMILES string of the molecule is CC1(C)CC[C@]23CC[C@]4(C)[C@@]5(C)CCC6C(C)(C)/C(=N/OC(=O)CC7SC(=O)NC7=O)CC[C@@]6(C)C5C[C@@H](Br)[C@@]4(OC2=O)C3C1. The highest BCUT2D eigenvalue weighted by Gasteiger charge is 2.83. The van der Waals surface area contributed by atoms with Gasteiger partial charge >= 0.3 is 11.9 Å². The van der Waals surface area contributed by atoms with Crippen LogP contribution in [0.15, 0.2) is 5.16 Å². The highest BCUT2D eigenvalue weighted by molar-refractivity contribution is 9.09. The summed E-state index contributed by atoms with van der Waals surface area (Å²) in [6.45, 7) is 16.8. The van der Waals surface area contributed by atoms with Crippen molar-refractivity contribution in [3.8, 4) is 0 Å². The number of nitrogens with zero attached hydrogens (tertiary/aromatic N) is 1. The molecule has 2 amide bonds. The zero-order valence-electron chi connectivity index (χ0n) is 27.8. The minimum atomic E-state index is -0.763. The lowest BCUT2D eigenvalue weighted by Crippen LogP contribution is -2.75. The molecule has 4 unspecified atom stereocenters. The Balaban J connectivity index is 1.17. The Labute approximate surface area is 279 Å². The number of hydrogen-bond donors (Lipinski definition) is 1. The van der Waals surface area contributed by atoms with Crippen LogP contribution in [0.3, 0.4) is 0 Å². The first-order valence-corrected chi connectivity index (χ1v) is 18.8. The maximum absolute atomic E-state index is 13.9. The van der Waals surface area contributed by atoms with Crippen LogP contribution in [-0.4, -0.2) is 44.5 Å². The number of amides is 2. The molecule has 248 valence electrons. The molecule has 0 radical (unpaired) electrons. The summed E-state index contributed by atoms with van der Waals surface area (Å²) in [6.07, 6.45) is 9.64. The van der Waals surface area contributed by atoms with Crippen molar-refractivity contribution < 1.29 is 28.8 Å². The molecule has 0 aromatic heterocycles. The third-order valence-corrected chi connectivity index (χ3v) is 17.2. The molecule has 7 fully saturated rings. The van der Waals surface area contributed by atoms with Crippen LogP contribution in [0.5, 0.6) is 0 Å².